The van der Waals surface area contributed by atoms with Crippen LogP contribution in [0.4, 0.5) is 22.5 Å². The summed E-state index contributed by atoms with van der Waals surface area (Å²) in [6.45, 7) is 16.1. The fourth-order valence-electron chi connectivity index (χ4n) is 6.16. The molecule has 272 valence electrons. The van der Waals surface area contributed by atoms with Gasteiger partial charge in [0.1, 0.15) is 4.88 Å². The van der Waals surface area contributed by atoms with Gasteiger partial charge in [0.2, 0.25) is 5.91 Å². The zero-order valence-electron chi connectivity index (χ0n) is 29.9. The molecule has 2 aliphatic heterocycles. The lowest BCUT2D eigenvalue weighted by molar-refractivity contribution is -0.127. The van der Waals surface area contributed by atoms with Crippen LogP contribution in [0.3, 0.4) is 0 Å². The van der Waals surface area contributed by atoms with Crippen molar-refractivity contribution in [1.82, 2.24) is 25.2 Å². The molecule has 2 aliphatic rings. The number of methoxy groups -OCH3 is 2. The molecule has 2 fully saturated rings. The van der Waals surface area contributed by atoms with Gasteiger partial charge >= 0.3 is 0 Å². The van der Waals surface area contributed by atoms with Crippen LogP contribution in [0.1, 0.15) is 30.4 Å². The summed E-state index contributed by atoms with van der Waals surface area (Å²) < 4.78 is 11.2. The molecule has 3 aromatic rings. The van der Waals surface area contributed by atoms with Crippen LogP contribution in [-0.2, 0) is 9.53 Å². The summed E-state index contributed by atoms with van der Waals surface area (Å²) in [6.07, 6.45) is 8.25. The summed E-state index contributed by atoms with van der Waals surface area (Å²) in [5, 5.41) is 16.5. The third kappa shape index (κ3) is 8.28. The maximum atomic E-state index is 13.1. The Morgan fingerprint density at radius 1 is 1.23 bits per heavy atom. The second kappa shape index (κ2) is 16.4. The molecule has 1 atom stereocenters. The number of piperazine rings is 1. The third-order valence-corrected chi connectivity index (χ3v) is 9.89. The molecule has 0 saturated carbocycles. The molecule has 5 rings (SSSR count). The lowest BCUT2D eigenvalue weighted by Crippen LogP contribution is -2.58. The maximum Gasteiger partial charge on any atom is 0.267 e. The van der Waals surface area contributed by atoms with Gasteiger partial charge in [-0.25, -0.2) is 15.0 Å². The molecule has 15 heteroatoms. The molecule has 13 nitrogen and oxygen atoms in total. The molecule has 3 aromatic heterocycles. The Hall–Kier alpha value is -5.23. The Kier molecular flexibility index (Phi) is 12.0. The van der Waals surface area contributed by atoms with Crippen molar-refractivity contribution in [2.24, 2.45) is 5.41 Å². The Balaban J connectivity index is 1.45. The molecule has 0 aliphatic carbocycles. The Bertz CT molecular complexity index is 1960. The molecule has 5 heterocycles. The van der Waals surface area contributed by atoms with E-state index in [2.05, 4.69) is 44.6 Å². The number of halogens is 1. The van der Waals surface area contributed by atoms with Crippen LogP contribution in [0.15, 0.2) is 78.3 Å². The summed E-state index contributed by atoms with van der Waals surface area (Å²) in [5.74, 6) is 1.12. The van der Waals surface area contributed by atoms with Gasteiger partial charge in [0.15, 0.2) is 22.5 Å². The number of allylic oxidation sites excluding steroid dienone is 4. The highest BCUT2D eigenvalue weighted by atomic mass is 35.5. The number of thiazole rings is 1. The van der Waals surface area contributed by atoms with E-state index in [0.29, 0.717) is 72.3 Å². The van der Waals surface area contributed by atoms with E-state index in [1.54, 1.807) is 31.4 Å². The highest BCUT2D eigenvalue weighted by Crippen LogP contribution is 2.41. The average Bonchev–Trinajstić information content (AvgIpc) is 3.60. The van der Waals surface area contributed by atoms with Crippen molar-refractivity contribution in [3.63, 3.8) is 0 Å². The molecular formula is C37H42ClN9O4S. The van der Waals surface area contributed by atoms with Crippen LogP contribution >= 0.6 is 22.9 Å². The standard InChI is InChI=1S/C37H42ClN9O4S/c1-8-10-23(3)32(24(4)38)43-35(49)30-17-41-36(52-30)44-33-29(51-7)12-11-27(42-33)25-15-28(46-21-37(5,20-39)22-46)34(40-16-25)47-14-13-45(31(48)9-2)18-26(47)19-50-6/h8-12,15-17,26H,2,4,13-14,18-19,21-22H2,1,3,5-7H3,(H,43,49)(H,41,42,44)/b10-8-,32-23+. The number of anilines is 4. The highest BCUT2D eigenvalue weighted by Gasteiger charge is 2.42. The first-order valence-corrected chi connectivity index (χ1v) is 17.7. The van der Waals surface area contributed by atoms with E-state index in [1.807, 2.05) is 45.1 Å². The molecule has 2 amide bonds. The van der Waals surface area contributed by atoms with Gasteiger partial charge in [0.05, 0.1) is 59.6 Å². The summed E-state index contributed by atoms with van der Waals surface area (Å²) in [7, 11) is 3.19. The van der Waals surface area contributed by atoms with Crippen molar-refractivity contribution in [1.29, 1.82) is 5.26 Å². The SMILES string of the molecule is C=CC(=O)N1CCN(c2ncc(-c3ccc(OC)c(Nc4ncc(C(=O)N/C(C(=C)Cl)=C(C)/C=C\C)s4)n3)cc2N2CC(C)(C#N)C2)C(COC)C1. The first-order valence-electron chi connectivity index (χ1n) is 16.5. The van der Waals surface area contributed by atoms with Crippen molar-refractivity contribution in [2.45, 2.75) is 26.8 Å². The number of carbonyl (C=O) groups is 2. The fourth-order valence-corrected chi connectivity index (χ4v) is 7.07. The van der Waals surface area contributed by atoms with Crippen LogP contribution in [0, 0.1) is 16.7 Å². The predicted molar refractivity (Wildman–Crippen MR) is 205 cm³/mol. The lowest BCUT2D eigenvalue weighted by atomic mass is 9.83. The normalized spacial score (nSPS) is 17.2. The van der Waals surface area contributed by atoms with Gasteiger partial charge in [0, 0.05) is 51.6 Å². The van der Waals surface area contributed by atoms with Crippen molar-refractivity contribution >= 4 is 57.2 Å². The molecule has 0 radical (unpaired) electrons. The Morgan fingerprint density at radius 2 is 2.00 bits per heavy atom. The van der Waals surface area contributed by atoms with Gasteiger partial charge in [-0.3, -0.25) is 9.59 Å². The van der Waals surface area contributed by atoms with E-state index in [4.69, 9.17) is 31.0 Å². The molecular weight excluding hydrogens is 702 g/mol. The smallest absolute Gasteiger partial charge is 0.267 e. The van der Waals surface area contributed by atoms with Gasteiger partial charge in [-0.15, -0.1) is 0 Å². The topological polar surface area (TPSA) is 149 Å². The monoisotopic (exact) mass is 743 g/mol. The number of amides is 2. The van der Waals surface area contributed by atoms with Gasteiger partial charge in [-0.05, 0) is 50.6 Å². The van der Waals surface area contributed by atoms with E-state index in [0.717, 1.165) is 34.0 Å². The minimum Gasteiger partial charge on any atom is -0.493 e. The average molecular weight is 744 g/mol. The molecule has 52 heavy (non-hydrogen) atoms. The minimum absolute atomic E-state index is 0.122. The molecule has 0 bridgehead atoms. The van der Waals surface area contributed by atoms with Crippen molar-refractivity contribution in [3.8, 4) is 23.1 Å². The van der Waals surface area contributed by atoms with E-state index < -0.39 is 5.41 Å². The Morgan fingerprint density at radius 3 is 2.65 bits per heavy atom. The molecule has 0 spiro atoms. The first-order chi connectivity index (χ1) is 24.9. The van der Waals surface area contributed by atoms with Crippen molar-refractivity contribution < 1.29 is 19.1 Å². The van der Waals surface area contributed by atoms with Gasteiger partial charge in [0.25, 0.3) is 5.91 Å². The number of hydrogen-bond donors (Lipinski definition) is 2. The number of rotatable bonds is 13. The minimum atomic E-state index is -0.478. The molecule has 2 saturated heterocycles. The van der Waals surface area contributed by atoms with Crippen LogP contribution in [0.5, 0.6) is 5.75 Å². The maximum absolute atomic E-state index is 13.1. The lowest BCUT2D eigenvalue weighted by Gasteiger charge is -2.48. The van der Waals surface area contributed by atoms with E-state index >= 15 is 0 Å². The third-order valence-electron chi connectivity index (χ3n) is 8.79. The van der Waals surface area contributed by atoms with Crippen LogP contribution in [0.25, 0.3) is 11.3 Å². The fraction of sp³-hybridized carbons (Fsp3) is 0.351. The second-order valence-electron chi connectivity index (χ2n) is 12.7. The summed E-state index contributed by atoms with van der Waals surface area (Å²) in [4.78, 5) is 46.3. The number of carbonyl (C=O) groups excluding carboxylic acids is 2. The second-order valence-corrected chi connectivity index (χ2v) is 14.2. The molecule has 2 N–H and O–H groups in total. The molecule has 1 unspecified atom stereocenters. The summed E-state index contributed by atoms with van der Waals surface area (Å²) in [6, 6.07) is 7.95. The van der Waals surface area contributed by atoms with Gasteiger partial charge in [-0.1, -0.05) is 48.2 Å². The number of hydrogen-bond acceptors (Lipinski definition) is 12. The van der Waals surface area contributed by atoms with Crippen molar-refractivity contribution in [2.75, 3.05) is 68.7 Å². The number of aromatic nitrogens is 3. The van der Waals surface area contributed by atoms with Crippen LogP contribution < -0.4 is 25.2 Å². The van der Waals surface area contributed by atoms with E-state index in [9.17, 15) is 14.9 Å². The van der Waals surface area contributed by atoms with Gasteiger partial charge < -0.3 is 34.8 Å². The number of nitriles is 1. The molecule has 0 aromatic carbocycles. The Labute approximate surface area is 312 Å². The van der Waals surface area contributed by atoms with Gasteiger partial charge in [-0.2, -0.15) is 5.26 Å². The predicted octanol–water partition coefficient (Wildman–Crippen LogP) is 5.88. The van der Waals surface area contributed by atoms with E-state index in [-0.39, 0.29) is 22.9 Å². The first kappa shape index (κ1) is 38.0. The quantitative estimate of drug-likeness (QED) is 0.160. The van der Waals surface area contributed by atoms with Crippen LogP contribution in [0.2, 0.25) is 0 Å². The summed E-state index contributed by atoms with van der Waals surface area (Å²) >= 11 is 7.32. The zero-order valence-corrected chi connectivity index (χ0v) is 31.5. The number of ether oxygens (including phenoxy) is 2. The van der Waals surface area contributed by atoms with E-state index in [1.165, 1.54) is 12.3 Å². The number of pyridine rings is 2. The van der Waals surface area contributed by atoms with Crippen molar-refractivity contribution in [3.05, 3.63) is 83.2 Å². The highest BCUT2D eigenvalue weighted by molar-refractivity contribution is 7.17. The zero-order chi connectivity index (χ0) is 37.6. The summed E-state index contributed by atoms with van der Waals surface area (Å²) in [5.41, 5.74) is 2.93. The van der Waals surface area contributed by atoms with Crippen LogP contribution in [-0.4, -0.2) is 91.3 Å². The number of nitrogens with zero attached hydrogens (tertiary/aromatic N) is 7. The number of nitrogens with one attached hydrogen (secondary N) is 2. The largest absolute Gasteiger partial charge is 0.493 e.